The van der Waals surface area contributed by atoms with Gasteiger partial charge in [-0.25, -0.2) is 15.0 Å². The molecule has 90 heavy (non-hydrogen) atoms. The summed E-state index contributed by atoms with van der Waals surface area (Å²) >= 11 is 15.8. The van der Waals surface area contributed by atoms with Crippen LogP contribution in [0.4, 0.5) is 0 Å². The highest BCUT2D eigenvalue weighted by Crippen LogP contribution is 2.41. The van der Waals surface area contributed by atoms with Crippen molar-refractivity contribution in [3.05, 3.63) is 269 Å². The maximum atomic E-state index is 9.08. The second kappa shape index (κ2) is 25.4. The monoisotopic (exact) mass is 1280 g/mol. The molecule has 2 N–H and O–H groups in total. The molecule has 1 fully saturated rings. The molecular weight excluding hydrogens is 1230 g/mol. The van der Waals surface area contributed by atoms with Gasteiger partial charge in [-0.05, 0) is 153 Å². The number of hydrogen-bond acceptors (Lipinski definition) is 10. The fourth-order valence-electron chi connectivity index (χ4n) is 11.0. The Morgan fingerprint density at radius 1 is 0.389 bits per heavy atom. The zero-order chi connectivity index (χ0) is 62.1. The normalized spacial score (nSPS) is 13.2. The van der Waals surface area contributed by atoms with Gasteiger partial charge in [-0.2, -0.15) is 0 Å². The van der Waals surface area contributed by atoms with Crippen LogP contribution in [0.2, 0.25) is 10.0 Å². The molecule has 0 bridgehead atoms. The predicted molar refractivity (Wildman–Crippen MR) is 371 cm³/mol. The molecule has 4 heterocycles. The highest BCUT2D eigenvalue weighted by molar-refractivity contribution is 9.10. The Morgan fingerprint density at radius 2 is 0.756 bits per heavy atom. The molecule has 0 saturated carbocycles. The molecule has 1 aliphatic heterocycles. The quantitative estimate of drug-likeness (QED) is 0.148. The van der Waals surface area contributed by atoms with Crippen molar-refractivity contribution in [1.29, 1.82) is 0 Å². The summed E-state index contributed by atoms with van der Waals surface area (Å²) in [6, 6.07) is 83.7. The lowest BCUT2D eigenvalue weighted by Gasteiger charge is -2.32. The maximum Gasteiger partial charge on any atom is 0.494 e. The SMILES string of the molecule is CC1(C)OB(c2cc(-c3cccc4ccccc34)c3nc(-c4ccccc4)oc3c2)OC1(C)C.Clc1cc(-c2cccc3ccccc23)c2nc(-c3ccccc3)oc2c1.Clc1cc(Br)c2nc(-c3ccccc3)oc2c1.OB(O)c1cccc2ccccc12. The summed E-state index contributed by atoms with van der Waals surface area (Å²) in [7, 11) is -1.89. The summed E-state index contributed by atoms with van der Waals surface area (Å²) in [5.41, 5.74) is 12.2. The maximum absolute atomic E-state index is 9.08. The van der Waals surface area contributed by atoms with Crippen molar-refractivity contribution in [3.8, 4) is 56.6 Å². The molecule has 440 valence electrons. The summed E-state index contributed by atoms with van der Waals surface area (Å²) in [6.45, 7) is 8.27. The molecule has 0 radical (unpaired) electrons. The predicted octanol–water partition coefficient (Wildman–Crippen LogP) is 19.0. The fourth-order valence-corrected chi connectivity index (χ4v) is 12.1. The molecule has 16 rings (SSSR count). The molecule has 0 atom stereocenters. The van der Waals surface area contributed by atoms with Crippen LogP contribution in [-0.2, 0) is 9.31 Å². The van der Waals surface area contributed by atoms with Crippen molar-refractivity contribution < 1.29 is 32.6 Å². The average molecular weight is 1280 g/mol. The van der Waals surface area contributed by atoms with Crippen LogP contribution in [0.3, 0.4) is 0 Å². The first-order valence-electron chi connectivity index (χ1n) is 29.3. The number of hydrogen-bond donors (Lipinski definition) is 2. The lowest BCUT2D eigenvalue weighted by molar-refractivity contribution is 0.00578. The van der Waals surface area contributed by atoms with E-state index in [0.717, 1.165) is 76.2 Å². The number of fused-ring (bicyclic) bond motifs is 6. The third kappa shape index (κ3) is 12.3. The van der Waals surface area contributed by atoms with Crippen LogP contribution in [0.5, 0.6) is 0 Å². The molecule has 0 amide bonds. The standard InChI is InChI=1S/C29H26BNO3.C23H14ClNO.C13H7BrClNO.C10H9BO2/c1-28(2)29(3,4)34-30(33-28)21-17-24(23-16-10-14-19-11-8-9-15-22(19)23)26-25(18-21)32-27(31-26)20-12-6-5-7-13-20;24-17-13-20(19-12-6-10-15-7-4-5-11-18(15)19)22-21(14-17)26-23(25-22)16-8-2-1-3-9-16;14-10-6-9(15)7-11-12(10)16-13(17-11)8-4-2-1-3-5-8;12-11(13)10-7-3-5-8-4-1-2-6-9(8)10/h5-18H,1-4H3;1-14H;1-7H;1-7,12-13H. The third-order valence-electron chi connectivity index (χ3n) is 16.2. The Morgan fingerprint density at radius 3 is 1.23 bits per heavy atom. The van der Waals surface area contributed by atoms with Gasteiger partial charge in [0, 0.05) is 54.5 Å². The summed E-state index contributed by atoms with van der Waals surface area (Å²) < 4.78 is 31.6. The number of halogens is 3. The van der Waals surface area contributed by atoms with Crippen molar-refractivity contribution in [3.63, 3.8) is 0 Å². The largest absolute Gasteiger partial charge is 0.494 e. The molecule has 10 nitrogen and oxygen atoms in total. The molecule has 3 aromatic heterocycles. The Hall–Kier alpha value is -9.14. The second-order valence-corrected chi connectivity index (χ2v) is 24.4. The van der Waals surface area contributed by atoms with Crippen LogP contribution >= 0.6 is 39.1 Å². The highest BCUT2D eigenvalue weighted by Gasteiger charge is 2.52. The van der Waals surface area contributed by atoms with Crippen molar-refractivity contribution in [1.82, 2.24) is 15.0 Å². The van der Waals surface area contributed by atoms with Crippen LogP contribution in [0, 0.1) is 0 Å². The van der Waals surface area contributed by atoms with Gasteiger partial charge in [0.25, 0.3) is 0 Å². The van der Waals surface area contributed by atoms with Gasteiger partial charge in [0.05, 0.1) is 11.2 Å². The molecule has 1 saturated heterocycles. The second-order valence-electron chi connectivity index (χ2n) is 22.7. The zero-order valence-corrected chi connectivity index (χ0v) is 52.4. The number of aromatic nitrogens is 3. The molecule has 0 unspecified atom stereocenters. The number of benzene rings is 12. The molecule has 0 spiro atoms. The minimum Gasteiger partial charge on any atom is -0.436 e. The first-order chi connectivity index (χ1) is 43.6. The summed E-state index contributed by atoms with van der Waals surface area (Å²) in [5, 5.41) is 26.0. The fraction of sp³-hybridized carbons (Fsp3) is 0.0800. The topological polar surface area (TPSA) is 137 Å². The van der Waals surface area contributed by atoms with Gasteiger partial charge < -0.3 is 32.6 Å². The number of nitrogens with zero attached hydrogens (tertiary/aromatic N) is 3. The van der Waals surface area contributed by atoms with Gasteiger partial charge in [-0.15, -0.1) is 0 Å². The van der Waals surface area contributed by atoms with Crippen molar-refractivity contribution in [2.45, 2.75) is 38.9 Å². The molecule has 1 aliphatic rings. The van der Waals surface area contributed by atoms with E-state index >= 15 is 0 Å². The summed E-state index contributed by atoms with van der Waals surface area (Å²) in [6.07, 6.45) is 0. The van der Waals surface area contributed by atoms with Crippen LogP contribution < -0.4 is 10.9 Å². The van der Waals surface area contributed by atoms with Gasteiger partial charge in [-0.1, -0.05) is 211 Å². The van der Waals surface area contributed by atoms with E-state index in [2.05, 4.69) is 127 Å². The minimum absolute atomic E-state index is 0.428. The van der Waals surface area contributed by atoms with Crippen LogP contribution in [-0.4, -0.2) is 50.4 Å². The van der Waals surface area contributed by atoms with Gasteiger partial charge >= 0.3 is 14.2 Å². The average Bonchev–Trinajstić information content (AvgIpc) is 1.85. The lowest BCUT2D eigenvalue weighted by atomic mass is 9.77. The van der Waals surface area contributed by atoms with Crippen molar-refractivity contribution >= 4 is 130 Å². The minimum atomic E-state index is -1.40. The third-order valence-corrected chi connectivity index (χ3v) is 17.3. The molecule has 12 aromatic carbocycles. The van der Waals surface area contributed by atoms with Crippen LogP contribution in [0.1, 0.15) is 27.7 Å². The Labute approximate surface area is 538 Å². The zero-order valence-electron chi connectivity index (χ0n) is 49.3. The van der Waals surface area contributed by atoms with Gasteiger partial charge in [0.1, 0.15) is 16.6 Å². The first-order valence-corrected chi connectivity index (χ1v) is 30.8. The van der Waals surface area contributed by atoms with E-state index < -0.39 is 25.4 Å². The molecule has 15 aromatic rings. The number of oxazole rings is 3. The van der Waals surface area contributed by atoms with E-state index in [9.17, 15) is 0 Å². The molecule has 0 aliphatic carbocycles. The van der Waals surface area contributed by atoms with E-state index in [4.69, 9.17) is 65.8 Å². The first kappa shape index (κ1) is 59.8. The Bertz CT molecular complexity index is 5050. The van der Waals surface area contributed by atoms with E-state index in [-0.39, 0.29) is 0 Å². The highest BCUT2D eigenvalue weighted by atomic mass is 79.9. The van der Waals surface area contributed by atoms with Crippen molar-refractivity contribution in [2.24, 2.45) is 0 Å². The van der Waals surface area contributed by atoms with E-state index in [1.54, 1.807) is 18.2 Å². The Balaban J connectivity index is 0.000000117. The number of rotatable bonds is 7. The molecule has 15 heteroatoms. The summed E-state index contributed by atoms with van der Waals surface area (Å²) in [4.78, 5) is 14.2. The van der Waals surface area contributed by atoms with Crippen molar-refractivity contribution in [2.75, 3.05) is 0 Å². The molecular formula is C75H56B2BrCl2N3O7. The Kier molecular flexibility index (Phi) is 16.9. The van der Waals surface area contributed by atoms with Crippen LogP contribution in [0.15, 0.2) is 273 Å². The van der Waals surface area contributed by atoms with Gasteiger partial charge in [0.15, 0.2) is 16.7 Å². The van der Waals surface area contributed by atoms with E-state index in [0.29, 0.717) is 49.9 Å². The lowest BCUT2D eigenvalue weighted by Crippen LogP contribution is -2.41. The van der Waals surface area contributed by atoms with Crippen LogP contribution in [0.25, 0.3) is 122 Å². The smallest absolute Gasteiger partial charge is 0.436 e. The van der Waals surface area contributed by atoms with E-state index in [1.165, 1.54) is 21.5 Å². The van der Waals surface area contributed by atoms with E-state index in [1.807, 2.05) is 158 Å². The summed E-state index contributed by atoms with van der Waals surface area (Å²) in [5.74, 6) is 1.80. The van der Waals surface area contributed by atoms with Gasteiger partial charge in [-0.3, -0.25) is 0 Å². The van der Waals surface area contributed by atoms with Gasteiger partial charge in [0.2, 0.25) is 17.7 Å².